The molecule has 9 nitrogen and oxygen atoms in total. The quantitative estimate of drug-likeness (QED) is 0.382. The van der Waals surface area contributed by atoms with E-state index in [0.29, 0.717) is 0 Å². The fraction of sp³-hybridized carbons (Fsp3) is 0. The molecular weight excluding hydrogens is 205 g/mol. The Hall–Kier alpha value is 0.562. The number of carboxylic acid groups (broad SMARTS) is 2. The Balaban J connectivity index is -0.000000000682. The third-order valence-corrected chi connectivity index (χ3v) is 0. The number of hydrogen-bond acceptors (Lipinski definition) is 1. The van der Waals surface area contributed by atoms with E-state index in [0.717, 1.165) is 0 Å². The van der Waals surface area contributed by atoms with Crippen molar-refractivity contribution in [2.45, 2.75) is 0 Å². The summed E-state index contributed by atoms with van der Waals surface area (Å²) >= 11 is 0. The first-order valence-electron chi connectivity index (χ1n) is 0.651. The summed E-state index contributed by atoms with van der Waals surface area (Å²) < 4.78 is 0. The molecule has 0 fully saturated rings. The van der Waals surface area contributed by atoms with E-state index in [2.05, 4.69) is 0 Å². The second-order valence-corrected chi connectivity index (χ2v) is 0.283. The van der Waals surface area contributed by atoms with Crippen molar-refractivity contribution in [3.63, 3.8) is 0 Å². The van der Waals surface area contributed by atoms with Crippen LogP contribution in [0.3, 0.4) is 0 Å². The van der Waals surface area contributed by atoms with Gasteiger partial charge in [-0.05, 0) is 0 Å². The van der Waals surface area contributed by atoms with E-state index >= 15 is 0 Å². The first-order valence-corrected chi connectivity index (χ1v) is 0.651. The van der Waals surface area contributed by atoms with Gasteiger partial charge < -0.3 is 48.8 Å². The predicted octanol–water partition coefficient (Wildman–Crippen LogP) is -5.04. The SMILES string of the molecule is O.O.O.O.O.O.O=C(O)O.[H-].[H-].[H-].[H-].[Mg+2].[Mg+2]. The topological polar surface area (TPSA) is 247 Å². The van der Waals surface area contributed by atoms with Gasteiger partial charge in [0.15, 0.2) is 0 Å². The third-order valence-electron chi connectivity index (χ3n) is 0. The van der Waals surface area contributed by atoms with Crippen molar-refractivity contribution in [1.29, 1.82) is 0 Å². The fourth-order valence-electron chi connectivity index (χ4n) is 0. The molecule has 14 N–H and O–H groups in total. The molecule has 0 radical (unpaired) electrons. The maximum Gasteiger partial charge on any atom is 2.00 e. The molecule has 0 aliphatic carbocycles. The zero-order valence-corrected chi connectivity index (χ0v) is 9.05. The molecular formula is CH18Mg2O9. The summed E-state index contributed by atoms with van der Waals surface area (Å²) in [5, 5.41) is 13.9. The van der Waals surface area contributed by atoms with Crippen LogP contribution in [0.5, 0.6) is 0 Å². The van der Waals surface area contributed by atoms with Gasteiger partial charge in [-0.3, -0.25) is 0 Å². The van der Waals surface area contributed by atoms with Gasteiger partial charge in [0.1, 0.15) is 0 Å². The molecule has 11 heteroatoms. The van der Waals surface area contributed by atoms with Gasteiger partial charge in [0.05, 0.1) is 0 Å². The van der Waals surface area contributed by atoms with Crippen molar-refractivity contribution in [3.05, 3.63) is 0 Å². The van der Waals surface area contributed by atoms with Gasteiger partial charge in [0.2, 0.25) is 0 Å². The Morgan fingerprint density at radius 1 is 0.750 bits per heavy atom. The molecule has 0 aromatic rings. The van der Waals surface area contributed by atoms with E-state index in [4.69, 9.17) is 15.0 Å². The smallest absolute Gasteiger partial charge is 1.00 e. The molecule has 80 valence electrons. The van der Waals surface area contributed by atoms with Crippen molar-refractivity contribution in [2.24, 2.45) is 0 Å². The van der Waals surface area contributed by atoms with Crippen molar-refractivity contribution in [3.8, 4) is 0 Å². The van der Waals surface area contributed by atoms with Crippen molar-refractivity contribution in [1.82, 2.24) is 0 Å². The van der Waals surface area contributed by atoms with Crippen molar-refractivity contribution in [2.75, 3.05) is 0 Å². The summed E-state index contributed by atoms with van der Waals surface area (Å²) in [4.78, 5) is 8.56. The first-order chi connectivity index (χ1) is 1.73. The third kappa shape index (κ3) is 3050. The number of carbonyl (C=O) groups is 1. The van der Waals surface area contributed by atoms with E-state index in [9.17, 15) is 0 Å². The molecule has 0 aromatic carbocycles. The predicted molar refractivity (Wildman–Crippen MR) is 48.3 cm³/mol. The van der Waals surface area contributed by atoms with Crippen LogP contribution in [-0.4, -0.2) is 95.3 Å². The summed E-state index contributed by atoms with van der Waals surface area (Å²) in [5.74, 6) is 0. The number of hydrogen-bond donors (Lipinski definition) is 2. The van der Waals surface area contributed by atoms with Gasteiger partial charge in [-0.25, -0.2) is 4.79 Å². The van der Waals surface area contributed by atoms with Gasteiger partial charge >= 0.3 is 52.3 Å². The van der Waals surface area contributed by atoms with Crippen LogP contribution in [0.4, 0.5) is 4.79 Å². The molecule has 0 heterocycles. The summed E-state index contributed by atoms with van der Waals surface area (Å²) in [6, 6.07) is 0. The Morgan fingerprint density at radius 3 is 0.750 bits per heavy atom. The zero-order chi connectivity index (χ0) is 3.58. The molecule has 0 saturated heterocycles. The Kier molecular flexibility index (Phi) is 1120. The van der Waals surface area contributed by atoms with Gasteiger partial charge in [-0.15, -0.1) is 0 Å². The normalized spacial score (nSPS) is 2.00. The van der Waals surface area contributed by atoms with Gasteiger partial charge in [-0.1, -0.05) is 0 Å². The molecule has 0 saturated carbocycles. The maximum absolute atomic E-state index is 8.56. The minimum Gasteiger partial charge on any atom is -1.00 e. The summed E-state index contributed by atoms with van der Waals surface area (Å²) in [6.07, 6.45) is -1.83. The molecule has 0 bridgehead atoms. The fourth-order valence-corrected chi connectivity index (χ4v) is 0. The first kappa shape index (κ1) is 132. The van der Waals surface area contributed by atoms with Gasteiger partial charge in [-0.2, -0.15) is 0 Å². The second-order valence-electron chi connectivity index (χ2n) is 0.283. The van der Waals surface area contributed by atoms with E-state index in [-0.39, 0.29) is 84.7 Å². The minimum atomic E-state index is -1.83. The van der Waals surface area contributed by atoms with Crippen LogP contribution >= 0.6 is 0 Å². The second kappa shape index (κ2) is 102. The summed E-state index contributed by atoms with van der Waals surface area (Å²) in [7, 11) is 0. The molecule has 0 spiro atoms. The van der Waals surface area contributed by atoms with E-state index < -0.39 is 6.16 Å². The summed E-state index contributed by atoms with van der Waals surface area (Å²) in [5.41, 5.74) is 0. The molecule has 0 aliphatic rings. The Morgan fingerprint density at radius 2 is 0.750 bits per heavy atom. The van der Waals surface area contributed by atoms with Crippen LogP contribution in [0.2, 0.25) is 0 Å². The Bertz CT molecular complexity index is 48.5. The molecule has 0 unspecified atom stereocenters. The van der Waals surface area contributed by atoms with Crippen LogP contribution in [0.1, 0.15) is 5.71 Å². The van der Waals surface area contributed by atoms with Crippen LogP contribution < -0.4 is 0 Å². The van der Waals surface area contributed by atoms with Crippen LogP contribution in [0, 0.1) is 0 Å². The van der Waals surface area contributed by atoms with E-state index in [1.165, 1.54) is 0 Å². The van der Waals surface area contributed by atoms with E-state index in [1.54, 1.807) is 0 Å². The van der Waals surface area contributed by atoms with Gasteiger partial charge in [0, 0.05) is 0 Å². The molecule has 12 heavy (non-hydrogen) atoms. The standard InChI is InChI=1S/CH2O3.2Mg.6H2O.4H/c2-1(3)4;;;;;;;;;;;;/h(H2,2,3,4);;;6*1H2;;;;/q;2*+2;;;;;;;4*-1. The van der Waals surface area contributed by atoms with Crippen LogP contribution in [0.25, 0.3) is 0 Å². The van der Waals surface area contributed by atoms with Gasteiger partial charge in [0.25, 0.3) is 0 Å². The molecule has 0 aromatic heterocycles. The molecule has 0 rings (SSSR count). The minimum absolute atomic E-state index is 0. The monoisotopic (exact) mass is 222 g/mol. The molecule has 0 aliphatic heterocycles. The van der Waals surface area contributed by atoms with Crippen molar-refractivity contribution >= 4 is 52.3 Å². The number of rotatable bonds is 0. The van der Waals surface area contributed by atoms with E-state index in [1.807, 2.05) is 0 Å². The largest absolute Gasteiger partial charge is 2.00 e. The average Bonchev–Trinajstić information content (AvgIpc) is 0.811. The average molecular weight is 223 g/mol. The zero-order valence-electron chi connectivity index (χ0n) is 10.2. The molecule has 0 amide bonds. The van der Waals surface area contributed by atoms with Crippen LogP contribution in [0.15, 0.2) is 0 Å². The molecule has 0 atom stereocenters. The van der Waals surface area contributed by atoms with Crippen molar-refractivity contribution < 1.29 is 53.6 Å². The Labute approximate surface area is 106 Å². The van der Waals surface area contributed by atoms with Crippen LogP contribution in [-0.2, 0) is 0 Å². The maximum atomic E-state index is 8.56. The summed E-state index contributed by atoms with van der Waals surface area (Å²) in [6.45, 7) is 0.